The van der Waals surface area contributed by atoms with Crippen molar-refractivity contribution in [3.05, 3.63) is 33.3 Å². The second-order valence-electron chi connectivity index (χ2n) is 3.00. The minimum Gasteiger partial charge on any atom is -0.324 e. The average molecular weight is 242 g/mol. The molecular weight excluding hydrogens is 230 g/mol. The first-order valence-electron chi connectivity index (χ1n) is 4.07. The van der Waals surface area contributed by atoms with Gasteiger partial charge in [-0.15, -0.1) is 0 Å². The molecule has 0 amide bonds. The van der Waals surface area contributed by atoms with Crippen LogP contribution < -0.4 is 5.73 Å². The Morgan fingerprint density at radius 2 is 2.08 bits per heavy atom. The third-order valence-electron chi connectivity index (χ3n) is 2.07. The van der Waals surface area contributed by atoms with Gasteiger partial charge in [-0.1, -0.05) is 28.1 Å². The van der Waals surface area contributed by atoms with Crippen LogP contribution in [0.3, 0.4) is 0 Å². The summed E-state index contributed by atoms with van der Waals surface area (Å²) in [6.07, 6.45) is 0. The molecule has 0 aliphatic carbocycles. The Kier molecular flexibility index (Phi) is 3.22. The highest BCUT2D eigenvalue weighted by atomic mass is 79.9. The molecule has 1 rings (SSSR count). The van der Waals surface area contributed by atoms with Gasteiger partial charge in [0.2, 0.25) is 0 Å². The number of nitrogens with two attached hydrogens (primary N) is 1. The number of hydrogen-bond acceptors (Lipinski definition) is 2. The topological polar surface area (TPSA) is 43.1 Å². The molecule has 0 aliphatic rings. The van der Waals surface area contributed by atoms with E-state index < -0.39 is 0 Å². The van der Waals surface area contributed by atoms with Crippen LogP contribution in [0.5, 0.6) is 0 Å². The van der Waals surface area contributed by atoms with Crippen LogP contribution in [0.25, 0.3) is 0 Å². The molecular formula is C10H12BrNO. The monoisotopic (exact) mass is 241 g/mol. The van der Waals surface area contributed by atoms with Gasteiger partial charge in [-0.25, -0.2) is 0 Å². The van der Waals surface area contributed by atoms with Crippen molar-refractivity contribution < 1.29 is 4.79 Å². The number of benzene rings is 1. The number of hydrogen-bond donors (Lipinski definition) is 1. The summed E-state index contributed by atoms with van der Waals surface area (Å²) in [6, 6.07) is 3.74. The second-order valence-corrected chi connectivity index (χ2v) is 3.79. The summed E-state index contributed by atoms with van der Waals surface area (Å²) >= 11 is 3.43. The number of aryl methyl sites for hydroxylation is 1. The standard InChI is InChI=1S/C10H12BrNO/c1-6-3-4-8(9(13)5-12)7(2)10(6)11/h3-4H,5,12H2,1-2H3. The third kappa shape index (κ3) is 1.98. The van der Waals surface area contributed by atoms with Crippen molar-refractivity contribution in [2.45, 2.75) is 13.8 Å². The van der Waals surface area contributed by atoms with Crippen molar-refractivity contribution in [1.29, 1.82) is 0 Å². The van der Waals surface area contributed by atoms with Crippen LogP contribution in [0.1, 0.15) is 21.5 Å². The lowest BCUT2D eigenvalue weighted by Crippen LogP contribution is -2.15. The Labute approximate surface area is 86.3 Å². The van der Waals surface area contributed by atoms with E-state index >= 15 is 0 Å². The number of carbonyl (C=O) groups is 1. The maximum atomic E-state index is 11.4. The van der Waals surface area contributed by atoms with Gasteiger partial charge in [-0.3, -0.25) is 4.79 Å². The van der Waals surface area contributed by atoms with Crippen LogP contribution in [-0.4, -0.2) is 12.3 Å². The summed E-state index contributed by atoms with van der Waals surface area (Å²) in [4.78, 5) is 11.4. The summed E-state index contributed by atoms with van der Waals surface area (Å²) in [6.45, 7) is 3.98. The van der Waals surface area contributed by atoms with Gasteiger partial charge < -0.3 is 5.73 Å². The van der Waals surface area contributed by atoms with E-state index in [0.29, 0.717) is 5.56 Å². The van der Waals surface area contributed by atoms with Gasteiger partial charge in [-0.2, -0.15) is 0 Å². The number of halogens is 1. The quantitative estimate of drug-likeness (QED) is 0.808. The lowest BCUT2D eigenvalue weighted by molar-refractivity contribution is 0.100. The lowest BCUT2D eigenvalue weighted by Gasteiger charge is -2.07. The number of Topliss-reactive ketones (excluding diaryl/α,β-unsaturated/α-hetero) is 1. The van der Waals surface area contributed by atoms with E-state index in [2.05, 4.69) is 15.9 Å². The van der Waals surface area contributed by atoms with E-state index in [-0.39, 0.29) is 12.3 Å². The van der Waals surface area contributed by atoms with Gasteiger partial charge in [0.15, 0.2) is 5.78 Å². The Hall–Kier alpha value is -0.670. The van der Waals surface area contributed by atoms with E-state index in [4.69, 9.17) is 5.73 Å². The first-order chi connectivity index (χ1) is 6.07. The number of carbonyl (C=O) groups excluding carboxylic acids is 1. The van der Waals surface area contributed by atoms with E-state index in [1.807, 2.05) is 26.0 Å². The molecule has 0 atom stereocenters. The maximum absolute atomic E-state index is 11.4. The number of rotatable bonds is 2. The molecule has 0 spiro atoms. The summed E-state index contributed by atoms with van der Waals surface area (Å²) in [5.41, 5.74) is 8.10. The highest BCUT2D eigenvalue weighted by Crippen LogP contribution is 2.23. The van der Waals surface area contributed by atoms with Crippen molar-refractivity contribution in [2.75, 3.05) is 6.54 Å². The third-order valence-corrected chi connectivity index (χ3v) is 3.29. The fourth-order valence-corrected chi connectivity index (χ4v) is 1.58. The molecule has 2 N–H and O–H groups in total. The molecule has 0 aromatic heterocycles. The fourth-order valence-electron chi connectivity index (χ4n) is 1.23. The van der Waals surface area contributed by atoms with Gasteiger partial charge >= 0.3 is 0 Å². The zero-order valence-corrected chi connectivity index (χ0v) is 9.31. The average Bonchev–Trinajstić information content (AvgIpc) is 2.13. The molecule has 0 aliphatic heterocycles. The zero-order valence-electron chi connectivity index (χ0n) is 7.73. The minimum atomic E-state index is -0.0156. The molecule has 0 bridgehead atoms. The van der Waals surface area contributed by atoms with Gasteiger partial charge in [0.1, 0.15) is 0 Å². The first kappa shape index (κ1) is 10.4. The second kappa shape index (κ2) is 4.03. The summed E-state index contributed by atoms with van der Waals surface area (Å²) in [7, 11) is 0. The Balaban J connectivity index is 3.26. The molecule has 0 saturated heterocycles. The van der Waals surface area contributed by atoms with Crippen LogP contribution in [0.15, 0.2) is 16.6 Å². The van der Waals surface area contributed by atoms with Crippen LogP contribution >= 0.6 is 15.9 Å². The molecule has 0 unspecified atom stereocenters. The summed E-state index contributed by atoms with van der Waals surface area (Å²) in [5, 5.41) is 0. The van der Waals surface area contributed by atoms with E-state index in [1.165, 1.54) is 0 Å². The van der Waals surface area contributed by atoms with E-state index in [9.17, 15) is 4.79 Å². The van der Waals surface area contributed by atoms with Crippen molar-refractivity contribution in [2.24, 2.45) is 5.73 Å². The van der Waals surface area contributed by atoms with Crippen LogP contribution in [0, 0.1) is 13.8 Å². The van der Waals surface area contributed by atoms with Gasteiger partial charge in [0.25, 0.3) is 0 Å². The maximum Gasteiger partial charge on any atom is 0.176 e. The van der Waals surface area contributed by atoms with Gasteiger partial charge in [-0.05, 0) is 25.0 Å². The SMILES string of the molecule is Cc1ccc(C(=O)CN)c(C)c1Br. The normalized spacial score (nSPS) is 10.2. The smallest absolute Gasteiger partial charge is 0.176 e. The summed E-state index contributed by atoms with van der Waals surface area (Å²) < 4.78 is 0.992. The Morgan fingerprint density at radius 1 is 1.46 bits per heavy atom. The molecule has 0 radical (unpaired) electrons. The number of ketones is 1. The minimum absolute atomic E-state index is 0.0156. The molecule has 1 aromatic carbocycles. The highest BCUT2D eigenvalue weighted by Gasteiger charge is 2.10. The Bertz CT molecular complexity index is 347. The predicted octanol–water partition coefficient (Wildman–Crippen LogP) is 2.21. The van der Waals surface area contributed by atoms with Gasteiger partial charge in [0, 0.05) is 10.0 Å². The Morgan fingerprint density at radius 3 is 2.62 bits per heavy atom. The molecule has 13 heavy (non-hydrogen) atoms. The van der Waals surface area contributed by atoms with Crippen molar-refractivity contribution in [3.63, 3.8) is 0 Å². The van der Waals surface area contributed by atoms with Crippen LogP contribution in [0.4, 0.5) is 0 Å². The molecule has 2 nitrogen and oxygen atoms in total. The van der Waals surface area contributed by atoms with Crippen molar-refractivity contribution in [3.8, 4) is 0 Å². The van der Waals surface area contributed by atoms with Crippen LogP contribution in [-0.2, 0) is 0 Å². The molecule has 1 aromatic rings. The molecule has 3 heteroatoms. The highest BCUT2D eigenvalue weighted by molar-refractivity contribution is 9.10. The fraction of sp³-hybridized carbons (Fsp3) is 0.300. The molecule has 70 valence electrons. The first-order valence-corrected chi connectivity index (χ1v) is 4.86. The van der Waals surface area contributed by atoms with E-state index in [0.717, 1.165) is 15.6 Å². The van der Waals surface area contributed by atoms with Crippen molar-refractivity contribution >= 4 is 21.7 Å². The molecule has 0 saturated carbocycles. The molecule has 0 fully saturated rings. The van der Waals surface area contributed by atoms with E-state index in [1.54, 1.807) is 0 Å². The lowest BCUT2D eigenvalue weighted by atomic mass is 10.0. The van der Waals surface area contributed by atoms with Gasteiger partial charge in [0.05, 0.1) is 6.54 Å². The van der Waals surface area contributed by atoms with Crippen molar-refractivity contribution in [1.82, 2.24) is 0 Å². The summed E-state index contributed by atoms with van der Waals surface area (Å²) in [5.74, 6) is -0.0156. The largest absolute Gasteiger partial charge is 0.324 e. The molecule has 0 heterocycles. The van der Waals surface area contributed by atoms with Crippen LogP contribution in [0.2, 0.25) is 0 Å². The zero-order chi connectivity index (χ0) is 10.0. The predicted molar refractivity (Wildman–Crippen MR) is 57.0 cm³/mol.